The molecule has 0 aliphatic carbocycles. The summed E-state index contributed by atoms with van der Waals surface area (Å²) < 4.78 is 5.34. The van der Waals surface area contributed by atoms with Gasteiger partial charge in [-0.05, 0) is 40.7 Å². The number of nitrogens with one attached hydrogen (secondary N) is 1. The average Bonchev–Trinajstić information content (AvgIpc) is 2.20. The molecule has 0 spiro atoms. The minimum absolute atomic E-state index is 0.161. The van der Waals surface area contributed by atoms with E-state index in [1.165, 1.54) is 0 Å². The molecule has 0 aromatic carbocycles. The Bertz CT molecular complexity index is 199. The van der Waals surface area contributed by atoms with Crippen LogP contribution in [0.2, 0.25) is 0 Å². The molecular weight excluding hydrogens is 212 g/mol. The first kappa shape index (κ1) is 16.9. The quantitative estimate of drug-likeness (QED) is 0.744. The standard InChI is InChI=1S/C14H32N2O/c1-11(2)12(3)16(7)13(10-17-8)9-15-14(4,5)6/h11-13,15H,9-10H2,1-8H3. The third-order valence-electron chi connectivity index (χ3n) is 3.41. The molecule has 3 nitrogen and oxygen atoms in total. The van der Waals surface area contributed by atoms with Crippen LogP contribution in [-0.4, -0.2) is 49.8 Å². The average molecular weight is 244 g/mol. The van der Waals surface area contributed by atoms with Gasteiger partial charge >= 0.3 is 0 Å². The van der Waals surface area contributed by atoms with E-state index in [1.54, 1.807) is 7.11 Å². The summed E-state index contributed by atoms with van der Waals surface area (Å²) in [5.74, 6) is 0.661. The Morgan fingerprint density at radius 3 is 2.06 bits per heavy atom. The summed E-state index contributed by atoms with van der Waals surface area (Å²) in [5, 5.41) is 3.56. The van der Waals surface area contributed by atoms with E-state index in [2.05, 4.69) is 58.8 Å². The molecule has 0 heterocycles. The first-order valence-corrected chi connectivity index (χ1v) is 6.65. The van der Waals surface area contributed by atoms with Gasteiger partial charge in [-0.1, -0.05) is 13.8 Å². The Hall–Kier alpha value is -0.120. The van der Waals surface area contributed by atoms with Crippen molar-refractivity contribution in [1.29, 1.82) is 0 Å². The van der Waals surface area contributed by atoms with Gasteiger partial charge in [0.2, 0.25) is 0 Å². The van der Waals surface area contributed by atoms with Gasteiger partial charge in [-0.3, -0.25) is 4.90 Å². The maximum absolute atomic E-state index is 5.34. The minimum atomic E-state index is 0.161. The zero-order valence-electron chi connectivity index (χ0n) is 13.0. The molecule has 0 saturated carbocycles. The molecule has 0 aromatic heterocycles. The van der Waals surface area contributed by atoms with E-state index < -0.39 is 0 Å². The number of hydrogen-bond donors (Lipinski definition) is 1. The van der Waals surface area contributed by atoms with Crippen molar-refractivity contribution in [3.63, 3.8) is 0 Å². The molecule has 0 aliphatic rings. The molecule has 0 aromatic rings. The Morgan fingerprint density at radius 1 is 1.18 bits per heavy atom. The highest BCUT2D eigenvalue weighted by Crippen LogP contribution is 2.12. The van der Waals surface area contributed by atoms with Crippen LogP contribution in [0.25, 0.3) is 0 Å². The van der Waals surface area contributed by atoms with E-state index in [1.807, 2.05) is 0 Å². The SMILES string of the molecule is COCC(CNC(C)(C)C)N(C)C(C)C(C)C. The third kappa shape index (κ3) is 7.02. The van der Waals surface area contributed by atoms with Crippen molar-refractivity contribution in [1.82, 2.24) is 10.2 Å². The lowest BCUT2D eigenvalue weighted by Crippen LogP contribution is -2.51. The second-order valence-electron chi connectivity index (χ2n) is 6.39. The highest BCUT2D eigenvalue weighted by Gasteiger charge is 2.23. The van der Waals surface area contributed by atoms with Crippen LogP contribution in [-0.2, 0) is 4.74 Å². The van der Waals surface area contributed by atoms with Crippen LogP contribution in [0.1, 0.15) is 41.5 Å². The third-order valence-corrected chi connectivity index (χ3v) is 3.41. The van der Waals surface area contributed by atoms with E-state index >= 15 is 0 Å². The van der Waals surface area contributed by atoms with E-state index in [-0.39, 0.29) is 5.54 Å². The second-order valence-corrected chi connectivity index (χ2v) is 6.39. The number of rotatable bonds is 7. The Balaban J connectivity index is 4.40. The fraction of sp³-hybridized carbons (Fsp3) is 1.00. The van der Waals surface area contributed by atoms with E-state index in [9.17, 15) is 0 Å². The molecular formula is C14H32N2O. The van der Waals surface area contributed by atoms with Crippen LogP contribution < -0.4 is 5.32 Å². The van der Waals surface area contributed by atoms with Gasteiger partial charge < -0.3 is 10.1 Å². The zero-order chi connectivity index (χ0) is 13.6. The summed E-state index contributed by atoms with van der Waals surface area (Å²) in [6.45, 7) is 15.1. The highest BCUT2D eigenvalue weighted by molar-refractivity contribution is 4.81. The molecule has 0 rings (SSSR count). The fourth-order valence-electron chi connectivity index (χ4n) is 1.74. The van der Waals surface area contributed by atoms with Crippen molar-refractivity contribution in [3.8, 4) is 0 Å². The Kier molecular flexibility index (Phi) is 7.29. The van der Waals surface area contributed by atoms with Crippen molar-refractivity contribution in [2.75, 3.05) is 27.3 Å². The van der Waals surface area contributed by atoms with Gasteiger partial charge in [0, 0.05) is 31.3 Å². The summed E-state index contributed by atoms with van der Waals surface area (Å²) in [4.78, 5) is 2.42. The van der Waals surface area contributed by atoms with Crippen LogP contribution in [0.3, 0.4) is 0 Å². The van der Waals surface area contributed by atoms with Gasteiger partial charge in [-0.25, -0.2) is 0 Å². The normalized spacial score (nSPS) is 16.6. The van der Waals surface area contributed by atoms with Gasteiger partial charge in [0.1, 0.15) is 0 Å². The first-order chi connectivity index (χ1) is 7.69. The second kappa shape index (κ2) is 7.34. The smallest absolute Gasteiger partial charge is 0.0630 e. The van der Waals surface area contributed by atoms with Gasteiger partial charge in [0.15, 0.2) is 0 Å². The maximum Gasteiger partial charge on any atom is 0.0630 e. The number of nitrogens with zero attached hydrogens (tertiary/aromatic N) is 1. The van der Waals surface area contributed by atoms with Gasteiger partial charge in [-0.2, -0.15) is 0 Å². The molecule has 0 fully saturated rings. The van der Waals surface area contributed by atoms with Crippen LogP contribution in [0.5, 0.6) is 0 Å². The van der Waals surface area contributed by atoms with Crippen molar-refractivity contribution < 1.29 is 4.74 Å². The molecule has 0 amide bonds. The van der Waals surface area contributed by atoms with E-state index in [0.717, 1.165) is 13.2 Å². The lowest BCUT2D eigenvalue weighted by Gasteiger charge is -2.36. The van der Waals surface area contributed by atoms with Crippen LogP contribution in [0.4, 0.5) is 0 Å². The lowest BCUT2D eigenvalue weighted by molar-refractivity contribution is 0.0669. The molecule has 0 saturated heterocycles. The fourth-order valence-corrected chi connectivity index (χ4v) is 1.74. The Morgan fingerprint density at radius 2 is 1.71 bits per heavy atom. The van der Waals surface area contributed by atoms with Crippen LogP contribution >= 0.6 is 0 Å². The number of methoxy groups -OCH3 is 1. The summed E-state index contributed by atoms with van der Waals surface area (Å²) in [6, 6.07) is 0.994. The predicted octanol–water partition coefficient (Wildman–Crippen LogP) is 2.37. The maximum atomic E-state index is 5.34. The lowest BCUT2D eigenvalue weighted by atomic mass is 10.0. The molecule has 2 unspecified atom stereocenters. The molecule has 104 valence electrons. The summed E-state index contributed by atoms with van der Waals surface area (Å²) in [5.41, 5.74) is 0.161. The van der Waals surface area contributed by atoms with Crippen LogP contribution in [0, 0.1) is 5.92 Å². The molecule has 1 N–H and O–H groups in total. The number of hydrogen-bond acceptors (Lipinski definition) is 3. The van der Waals surface area contributed by atoms with E-state index in [4.69, 9.17) is 4.74 Å². The monoisotopic (exact) mass is 244 g/mol. The largest absolute Gasteiger partial charge is 0.383 e. The van der Waals surface area contributed by atoms with Crippen molar-refractivity contribution in [3.05, 3.63) is 0 Å². The van der Waals surface area contributed by atoms with E-state index in [0.29, 0.717) is 18.0 Å². The summed E-state index contributed by atoms with van der Waals surface area (Å²) >= 11 is 0. The van der Waals surface area contributed by atoms with Crippen LogP contribution in [0.15, 0.2) is 0 Å². The molecule has 0 radical (unpaired) electrons. The van der Waals surface area contributed by atoms with Gasteiger partial charge in [-0.15, -0.1) is 0 Å². The number of likely N-dealkylation sites (N-methyl/N-ethyl adjacent to an activating group) is 1. The minimum Gasteiger partial charge on any atom is -0.383 e. The summed E-state index contributed by atoms with van der Waals surface area (Å²) in [6.07, 6.45) is 0. The number of ether oxygens (including phenoxy) is 1. The van der Waals surface area contributed by atoms with Gasteiger partial charge in [0.05, 0.1) is 6.61 Å². The topological polar surface area (TPSA) is 24.5 Å². The van der Waals surface area contributed by atoms with Crippen molar-refractivity contribution in [2.45, 2.75) is 59.2 Å². The van der Waals surface area contributed by atoms with Gasteiger partial charge in [0.25, 0.3) is 0 Å². The summed E-state index contributed by atoms with van der Waals surface area (Å²) in [7, 11) is 3.97. The van der Waals surface area contributed by atoms with Crippen molar-refractivity contribution in [2.24, 2.45) is 5.92 Å². The first-order valence-electron chi connectivity index (χ1n) is 6.65. The predicted molar refractivity (Wildman–Crippen MR) is 75.5 cm³/mol. The van der Waals surface area contributed by atoms with Crippen molar-refractivity contribution >= 4 is 0 Å². The molecule has 2 atom stereocenters. The Labute approximate surface area is 108 Å². The molecule has 0 aliphatic heterocycles. The molecule has 3 heteroatoms. The molecule has 0 bridgehead atoms. The molecule has 17 heavy (non-hydrogen) atoms. The highest BCUT2D eigenvalue weighted by atomic mass is 16.5. The zero-order valence-corrected chi connectivity index (χ0v) is 13.0.